The second-order valence-corrected chi connectivity index (χ2v) is 9.28. The minimum atomic E-state index is -0.646. The lowest BCUT2D eigenvalue weighted by molar-refractivity contribution is -0.145. The van der Waals surface area contributed by atoms with Gasteiger partial charge in [-0.25, -0.2) is 0 Å². The van der Waals surface area contributed by atoms with Crippen molar-refractivity contribution < 1.29 is 23.9 Å². The number of hydrogen-bond acceptors (Lipinski definition) is 5. The maximum absolute atomic E-state index is 12.9. The number of nitrogens with zero attached hydrogens (tertiary/aromatic N) is 1. The number of ether oxygens (including phenoxy) is 1. The summed E-state index contributed by atoms with van der Waals surface area (Å²) in [6.45, 7) is -0.487. The third kappa shape index (κ3) is 3.08. The number of esters is 1. The fourth-order valence-electron chi connectivity index (χ4n) is 5.45. The van der Waals surface area contributed by atoms with Crippen molar-refractivity contribution >= 4 is 46.8 Å². The molecule has 5 aliphatic rings. The third-order valence-electron chi connectivity index (χ3n) is 6.89. The lowest BCUT2D eigenvalue weighted by Crippen LogP contribution is -2.40. The van der Waals surface area contributed by atoms with E-state index in [9.17, 15) is 19.2 Å². The number of carbonyl (C=O) groups is 4. The lowest BCUT2D eigenvalue weighted by atomic mass is 9.63. The Morgan fingerprint density at radius 3 is 2.27 bits per heavy atom. The van der Waals surface area contributed by atoms with Gasteiger partial charge < -0.3 is 4.74 Å². The highest BCUT2D eigenvalue weighted by Gasteiger charge is 2.66. The van der Waals surface area contributed by atoms with E-state index >= 15 is 0 Å². The third-order valence-corrected chi connectivity index (χ3v) is 7.44. The highest BCUT2D eigenvalue weighted by Crippen LogP contribution is 2.65. The summed E-state index contributed by atoms with van der Waals surface area (Å²) in [6.07, 6.45) is 5.18. The van der Waals surface area contributed by atoms with E-state index < -0.39 is 18.4 Å². The first-order chi connectivity index (χ1) is 14.4. The molecule has 6 nitrogen and oxygen atoms in total. The van der Waals surface area contributed by atoms with Crippen molar-refractivity contribution in [1.29, 1.82) is 0 Å². The standard InChI is InChI=1S/C22H19Cl2NO5/c23-10-1-2-13(16(24)7-10)17(26)9-30-18(27)5-6-25-21(28)19-11-3-4-12(15-8-14(11)15)20(19)22(25)29/h1-4,7,11-12,14-15,19-20H,5-6,8-9H2/t11-,12-,14-,15+,19+,20+/m0/s1. The predicted octanol–water partition coefficient (Wildman–Crippen LogP) is 3.16. The van der Waals surface area contributed by atoms with Crippen LogP contribution in [-0.4, -0.2) is 41.6 Å². The Labute approximate surface area is 183 Å². The summed E-state index contributed by atoms with van der Waals surface area (Å²) >= 11 is 11.8. The van der Waals surface area contributed by atoms with Crippen LogP contribution in [0.5, 0.6) is 0 Å². The molecule has 0 unspecified atom stereocenters. The minimum Gasteiger partial charge on any atom is -0.457 e. The van der Waals surface area contributed by atoms with Gasteiger partial charge in [-0.05, 0) is 48.3 Å². The SMILES string of the molecule is O=C(CCN1C(=O)[C@@H]2[C@H]3C=C[C@@H]([C@@H]4C[C@H]34)[C@H]2C1=O)OCC(=O)c1ccc(Cl)cc1Cl. The van der Waals surface area contributed by atoms with E-state index in [0.717, 1.165) is 6.42 Å². The van der Waals surface area contributed by atoms with Gasteiger partial charge in [-0.3, -0.25) is 24.1 Å². The number of likely N-dealkylation sites (tertiary alicyclic amines) is 1. The van der Waals surface area contributed by atoms with Crippen molar-refractivity contribution in [1.82, 2.24) is 4.90 Å². The average molecular weight is 448 g/mol. The summed E-state index contributed by atoms with van der Waals surface area (Å²) in [5.41, 5.74) is 0.212. The van der Waals surface area contributed by atoms with Gasteiger partial charge in [-0.2, -0.15) is 0 Å². The van der Waals surface area contributed by atoms with Crippen molar-refractivity contribution in [3.8, 4) is 0 Å². The molecule has 0 radical (unpaired) electrons. The molecule has 1 heterocycles. The monoisotopic (exact) mass is 447 g/mol. The Kier molecular flexibility index (Phi) is 4.75. The fourth-order valence-corrected chi connectivity index (χ4v) is 5.97. The molecular formula is C22H19Cl2NO5. The average Bonchev–Trinajstić information content (AvgIpc) is 3.49. The van der Waals surface area contributed by atoms with Crippen LogP contribution in [0, 0.1) is 35.5 Å². The summed E-state index contributed by atoms with van der Waals surface area (Å²) in [5.74, 6) is -0.624. The smallest absolute Gasteiger partial charge is 0.308 e. The number of Topliss-reactive ketones (excluding diaryl/α,β-unsaturated/α-hetero) is 1. The molecule has 3 fully saturated rings. The maximum Gasteiger partial charge on any atom is 0.308 e. The van der Waals surface area contributed by atoms with Crippen LogP contribution >= 0.6 is 23.2 Å². The molecule has 2 saturated carbocycles. The summed E-state index contributed by atoms with van der Waals surface area (Å²) < 4.78 is 5.03. The van der Waals surface area contributed by atoms with E-state index in [1.165, 1.54) is 23.1 Å². The Morgan fingerprint density at radius 2 is 1.67 bits per heavy atom. The quantitative estimate of drug-likeness (QED) is 0.289. The van der Waals surface area contributed by atoms with Crippen LogP contribution < -0.4 is 0 Å². The van der Waals surface area contributed by atoms with E-state index in [-0.39, 0.29) is 59.0 Å². The topological polar surface area (TPSA) is 80.8 Å². The van der Waals surface area contributed by atoms with Gasteiger partial charge in [0.25, 0.3) is 0 Å². The van der Waals surface area contributed by atoms with Gasteiger partial charge in [0.2, 0.25) is 17.6 Å². The van der Waals surface area contributed by atoms with Gasteiger partial charge in [-0.1, -0.05) is 35.4 Å². The number of benzene rings is 1. The van der Waals surface area contributed by atoms with Crippen LogP contribution in [0.3, 0.4) is 0 Å². The molecule has 0 spiro atoms. The Bertz CT molecular complexity index is 969. The number of allylic oxidation sites excluding steroid dienone is 2. The number of hydrogen-bond donors (Lipinski definition) is 0. The summed E-state index contributed by atoms with van der Waals surface area (Å²) in [5, 5.41) is 0.579. The van der Waals surface area contributed by atoms with Crippen LogP contribution in [0.2, 0.25) is 10.0 Å². The van der Waals surface area contributed by atoms with Gasteiger partial charge in [-0.15, -0.1) is 0 Å². The molecular weight excluding hydrogens is 429 g/mol. The molecule has 8 heteroatoms. The van der Waals surface area contributed by atoms with Crippen LogP contribution in [-0.2, 0) is 19.1 Å². The van der Waals surface area contributed by atoms with E-state index in [1.807, 2.05) is 0 Å². The number of amides is 2. The number of ketones is 1. The van der Waals surface area contributed by atoms with Crippen LogP contribution in [0.1, 0.15) is 23.2 Å². The summed E-state index contributed by atoms with van der Waals surface area (Å²) in [7, 11) is 0. The zero-order valence-corrected chi connectivity index (χ0v) is 17.4. The van der Waals surface area contributed by atoms with Gasteiger partial charge in [0, 0.05) is 17.1 Å². The second kappa shape index (κ2) is 7.20. The van der Waals surface area contributed by atoms with Crippen molar-refractivity contribution in [3.05, 3.63) is 46.0 Å². The molecule has 0 N–H and O–H groups in total. The van der Waals surface area contributed by atoms with Crippen LogP contribution in [0.15, 0.2) is 30.4 Å². The Hall–Kier alpha value is -2.18. The number of imide groups is 1. The highest BCUT2D eigenvalue weighted by molar-refractivity contribution is 6.36. The first-order valence-corrected chi connectivity index (χ1v) is 10.8. The van der Waals surface area contributed by atoms with Crippen LogP contribution in [0.25, 0.3) is 0 Å². The molecule has 30 heavy (non-hydrogen) atoms. The largest absolute Gasteiger partial charge is 0.457 e. The molecule has 156 valence electrons. The summed E-state index contributed by atoms with van der Waals surface area (Å²) in [6, 6.07) is 4.43. The predicted molar refractivity (Wildman–Crippen MR) is 108 cm³/mol. The molecule has 2 amide bonds. The zero-order chi connectivity index (χ0) is 21.2. The minimum absolute atomic E-state index is 0.0197. The maximum atomic E-state index is 12.9. The van der Waals surface area contributed by atoms with Gasteiger partial charge in [0.1, 0.15) is 0 Å². The molecule has 6 atom stereocenters. The second-order valence-electron chi connectivity index (χ2n) is 8.44. The fraction of sp³-hybridized carbons (Fsp3) is 0.455. The van der Waals surface area contributed by atoms with Gasteiger partial charge in [0.05, 0.1) is 23.3 Å². The van der Waals surface area contributed by atoms with Crippen molar-refractivity contribution in [2.24, 2.45) is 35.5 Å². The van der Waals surface area contributed by atoms with Crippen molar-refractivity contribution in [2.45, 2.75) is 12.8 Å². The molecule has 4 aliphatic carbocycles. The molecule has 0 aromatic heterocycles. The van der Waals surface area contributed by atoms with E-state index in [2.05, 4.69) is 12.2 Å². The van der Waals surface area contributed by atoms with E-state index in [4.69, 9.17) is 27.9 Å². The molecule has 1 aromatic rings. The highest BCUT2D eigenvalue weighted by atomic mass is 35.5. The Morgan fingerprint density at radius 1 is 1.03 bits per heavy atom. The van der Waals surface area contributed by atoms with Crippen LogP contribution in [0.4, 0.5) is 0 Å². The molecule has 2 bridgehead atoms. The zero-order valence-electron chi connectivity index (χ0n) is 15.9. The van der Waals surface area contributed by atoms with Crippen molar-refractivity contribution in [2.75, 3.05) is 13.2 Å². The first kappa shape index (κ1) is 19.8. The van der Waals surface area contributed by atoms with Gasteiger partial charge in [0.15, 0.2) is 6.61 Å². The number of rotatable bonds is 6. The molecule has 1 aromatic carbocycles. The lowest BCUT2D eigenvalue weighted by Gasteiger charge is -2.37. The first-order valence-electron chi connectivity index (χ1n) is 10.0. The van der Waals surface area contributed by atoms with E-state index in [0.29, 0.717) is 16.9 Å². The number of halogens is 2. The number of carbonyl (C=O) groups excluding carboxylic acids is 4. The normalized spacial score (nSPS) is 32.8. The Balaban J connectivity index is 1.16. The van der Waals surface area contributed by atoms with Gasteiger partial charge >= 0.3 is 5.97 Å². The molecule has 6 rings (SSSR count). The summed E-state index contributed by atoms with van der Waals surface area (Å²) in [4.78, 5) is 51.3. The molecule has 1 saturated heterocycles. The molecule has 1 aliphatic heterocycles. The van der Waals surface area contributed by atoms with Crippen molar-refractivity contribution in [3.63, 3.8) is 0 Å². The van der Waals surface area contributed by atoms with E-state index in [1.54, 1.807) is 0 Å².